The van der Waals surface area contributed by atoms with Gasteiger partial charge in [0.1, 0.15) is 0 Å². The molecule has 5 heteroatoms. The summed E-state index contributed by atoms with van der Waals surface area (Å²) in [6.07, 6.45) is 0. The van der Waals surface area contributed by atoms with E-state index in [2.05, 4.69) is 4.90 Å². The highest BCUT2D eigenvalue weighted by atomic mass is 32.2. The van der Waals surface area contributed by atoms with Crippen LogP contribution < -0.4 is 0 Å². The van der Waals surface area contributed by atoms with Crippen molar-refractivity contribution in [3.63, 3.8) is 0 Å². The maximum atomic E-state index is 11.4. The Hall–Kier alpha value is -0.420. The van der Waals surface area contributed by atoms with Gasteiger partial charge in [0.15, 0.2) is 0 Å². The van der Waals surface area contributed by atoms with Crippen LogP contribution in [0.5, 0.6) is 0 Å². The zero-order valence-corrected chi connectivity index (χ0v) is 10.4. The minimum Gasteiger partial charge on any atom is -0.469 e. The monoisotopic (exact) mass is 233 g/mol. The van der Waals surface area contributed by atoms with Crippen molar-refractivity contribution < 1.29 is 13.7 Å². The maximum absolute atomic E-state index is 11.4. The van der Waals surface area contributed by atoms with Gasteiger partial charge in [0, 0.05) is 41.4 Å². The summed E-state index contributed by atoms with van der Waals surface area (Å²) >= 11 is 0. The van der Waals surface area contributed by atoms with Crippen molar-refractivity contribution in [1.82, 2.24) is 4.90 Å². The Bertz CT molecular complexity index is 247. The van der Waals surface area contributed by atoms with Crippen molar-refractivity contribution in [2.24, 2.45) is 5.92 Å². The summed E-state index contributed by atoms with van der Waals surface area (Å²) in [6.45, 7) is 5.53. The summed E-state index contributed by atoms with van der Waals surface area (Å²) < 4.78 is 15.9. The van der Waals surface area contributed by atoms with Crippen LogP contribution in [0.4, 0.5) is 0 Å². The Morgan fingerprint density at radius 1 is 1.33 bits per heavy atom. The SMILES string of the molecule is COC(=O)C(C)C(C)N1CCS(=O)CC1. The molecule has 0 aromatic carbocycles. The molecule has 4 nitrogen and oxygen atoms in total. The number of esters is 1. The van der Waals surface area contributed by atoms with Crippen molar-refractivity contribution in [1.29, 1.82) is 0 Å². The third kappa shape index (κ3) is 3.28. The van der Waals surface area contributed by atoms with Gasteiger partial charge in [-0.2, -0.15) is 0 Å². The molecule has 0 aromatic heterocycles. The fraction of sp³-hybridized carbons (Fsp3) is 0.900. The van der Waals surface area contributed by atoms with E-state index in [-0.39, 0.29) is 17.9 Å². The molecule has 0 saturated carbocycles. The highest BCUT2D eigenvalue weighted by Gasteiger charge is 2.28. The maximum Gasteiger partial charge on any atom is 0.309 e. The molecular weight excluding hydrogens is 214 g/mol. The van der Waals surface area contributed by atoms with Crippen molar-refractivity contribution >= 4 is 16.8 Å². The second kappa shape index (κ2) is 5.61. The Morgan fingerprint density at radius 3 is 2.33 bits per heavy atom. The number of hydrogen-bond donors (Lipinski definition) is 0. The Kier molecular flexibility index (Phi) is 4.73. The van der Waals surface area contributed by atoms with Gasteiger partial charge in [-0.05, 0) is 6.92 Å². The molecule has 0 spiro atoms. The van der Waals surface area contributed by atoms with Crippen LogP contribution in [0.1, 0.15) is 13.8 Å². The molecule has 1 aliphatic heterocycles. The highest BCUT2D eigenvalue weighted by Crippen LogP contribution is 2.14. The predicted molar refractivity (Wildman–Crippen MR) is 60.1 cm³/mol. The van der Waals surface area contributed by atoms with E-state index in [9.17, 15) is 9.00 Å². The molecule has 0 aromatic rings. The summed E-state index contributed by atoms with van der Waals surface area (Å²) in [5.41, 5.74) is 0. The average molecular weight is 233 g/mol. The van der Waals surface area contributed by atoms with Crippen molar-refractivity contribution in [2.45, 2.75) is 19.9 Å². The molecule has 2 unspecified atom stereocenters. The topological polar surface area (TPSA) is 46.6 Å². The molecule has 1 fully saturated rings. The van der Waals surface area contributed by atoms with Crippen LogP contribution in [0.3, 0.4) is 0 Å². The normalized spacial score (nSPS) is 23.4. The summed E-state index contributed by atoms with van der Waals surface area (Å²) in [6, 6.07) is 0.162. The fourth-order valence-electron chi connectivity index (χ4n) is 1.76. The zero-order chi connectivity index (χ0) is 11.4. The van der Waals surface area contributed by atoms with Crippen LogP contribution in [0.2, 0.25) is 0 Å². The molecule has 1 saturated heterocycles. The van der Waals surface area contributed by atoms with E-state index < -0.39 is 10.8 Å². The standard InChI is InChI=1S/C10H19NO3S/c1-8(10(12)14-3)9(2)11-4-6-15(13)7-5-11/h8-9H,4-7H2,1-3H3. The summed E-state index contributed by atoms with van der Waals surface area (Å²) in [5, 5.41) is 0. The number of hydrogen-bond acceptors (Lipinski definition) is 4. The molecule has 1 rings (SSSR count). The van der Waals surface area contributed by atoms with Crippen molar-refractivity contribution in [2.75, 3.05) is 31.7 Å². The van der Waals surface area contributed by atoms with Gasteiger partial charge in [0.05, 0.1) is 13.0 Å². The largest absolute Gasteiger partial charge is 0.469 e. The second-order valence-electron chi connectivity index (χ2n) is 3.94. The van der Waals surface area contributed by atoms with E-state index in [0.717, 1.165) is 24.6 Å². The Labute approximate surface area is 93.4 Å². The first-order valence-corrected chi connectivity index (χ1v) is 6.72. The molecule has 88 valence electrons. The second-order valence-corrected chi connectivity index (χ2v) is 5.63. The molecule has 0 aliphatic carbocycles. The zero-order valence-electron chi connectivity index (χ0n) is 9.56. The lowest BCUT2D eigenvalue weighted by atomic mass is 10.0. The molecule has 0 N–H and O–H groups in total. The average Bonchev–Trinajstić information content (AvgIpc) is 2.27. The lowest BCUT2D eigenvalue weighted by Gasteiger charge is -2.34. The Balaban J connectivity index is 2.49. The van der Waals surface area contributed by atoms with E-state index in [0.29, 0.717) is 0 Å². The van der Waals surface area contributed by atoms with E-state index >= 15 is 0 Å². The van der Waals surface area contributed by atoms with Gasteiger partial charge in [-0.3, -0.25) is 13.9 Å². The van der Waals surface area contributed by atoms with Crippen molar-refractivity contribution in [3.8, 4) is 0 Å². The van der Waals surface area contributed by atoms with Crippen LogP contribution in [-0.2, 0) is 20.3 Å². The van der Waals surface area contributed by atoms with Gasteiger partial charge < -0.3 is 4.74 Å². The Morgan fingerprint density at radius 2 is 1.87 bits per heavy atom. The molecule has 0 bridgehead atoms. The molecule has 15 heavy (non-hydrogen) atoms. The number of methoxy groups -OCH3 is 1. The van der Waals surface area contributed by atoms with E-state index in [1.807, 2.05) is 13.8 Å². The van der Waals surface area contributed by atoms with Crippen LogP contribution in [0, 0.1) is 5.92 Å². The van der Waals surface area contributed by atoms with E-state index in [1.165, 1.54) is 7.11 Å². The lowest BCUT2D eigenvalue weighted by molar-refractivity contribution is -0.146. The molecule has 2 atom stereocenters. The number of ether oxygens (including phenoxy) is 1. The van der Waals surface area contributed by atoms with E-state index in [4.69, 9.17) is 4.74 Å². The smallest absolute Gasteiger partial charge is 0.309 e. The summed E-state index contributed by atoms with van der Waals surface area (Å²) in [7, 11) is 0.753. The number of carbonyl (C=O) groups excluding carboxylic acids is 1. The van der Waals surface area contributed by atoms with Gasteiger partial charge in [-0.25, -0.2) is 0 Å². The molecule has 0 radical (unpaired) electrons. The van der Waals surface area contributed by atoms with Crippen LogP contribution in [-0.4, -0.2) is 52.8 Å². The highest BCUT2D eigenvalue weighted by molar-refractivity contribution is 7.85. The number of carbonyl (C=O) groups is 1. The number of rotatable bonds is 3. The van der Waals surface area contributed by atoms with Crippen molar-refractivity contribution in [3.05, 3.63) is 0 Å². The third-order valence-corrected chi connectivity index (χ3v) is 4.36. The third-order valence-electron chi connectivity index (χ3n) is 3.08. The van der Waals surface area contributed by atoms with Gasteiger partial charge >= 0.3 is 5.97 Å². The fourth-order valence-corrected chi connectivity index (χ4v) is 2.84. The minimum absolute atomic E-state index is 0.124. The minimum atomic E-state index is -0.661. The number of nitrogens with zero attached hydrogens (tertiary/aromatic N) is 1. The summed E-state index contributed by atoms with van der Waals surface area (Å²) in [4.78, 5) is 13.6. The van der Waals surface area contributed by atoms with Gasteiger partial charge in [0.25, 0.3) is 0 Å². The van der Waals surface area contributed by atoms with Gasteiger partial charge in [-0.15, -0.1) is 0 Å². The van der Waals surface area contributed by atoms with Crippen LogP contribution in [0.25, 0.3) is 0 Å². The predicted octanol–water partition coefficient (Wildman–Crippen LogP) is 0.248. The quantitative estimate of drug-likeness (QED) is 0.656. The first-order valence-electron chi connectivity index (χ1n) is 5.23. The summed E-state index contributed by atoms with van der Waals surface area (Å²) in [5.74, 6) is 1.15. The lowest BCUT2D eigenvalue weighted by Crippen LogP contribution is -2.47. The van der Waals surface area contributed by atoms with Gasteiger partial charge in [-0.1, -0.05) is 6.92 Å². The first-order chi connectivity index (χ1) is 7.06. The van der Waals surface area contributed by atoms with E-state index in [1.54, 1.807) is 0 Å². The van der Waals surface area contributed by atoms with Crippen LogP contribution >= 0.6 is 0 Å². The van der Waals surface area contributed by atoms with Gasteiger partial charge in [0.2, 0.25) is 0 Å². The molecule has 0 amide bonds. The molecule has 1 aliphatic rings. The van der Waals surface area contributed by atoms with Crippen LogP contribution in [0.15, 0.2) is 0 Å². The molecule has 1 heterocycles. The molecular formula is C10H19NO3S. The first kappa shape index (κ1) is 12.6.